The van der Waals surface area contributed by atoms with Crippen LogP contribution in [0.2, 0.25) is 5.28 Å². The van der Waals surface area contributed by atoms with Gasteiger partial charge in [-0.25, -0.2) is 0 Å². The van der Waals surface area contributed by atoms with Crippen LogP contribution in [0.4, 0.5) is 11.9 Å². The molecule has 29 heavy (non-hydrogen) atoms. The first-order valence-electron chi connectivity index (χ1n) is 10.7. The average Bonchev–Trinajstić information content (AvgIpc) is 2.66. The number of carbonyl (C=O) groups is 2. The maximum Gasteiger partial charge on any atom is 0.228 e. The van der Waals surface area contributed by atoms with Crippen molar-refractivity contribution in [2.24, 2.45) is 11.8 Å². The van der Waals surface area contributed by atoms with Crippen LogP contribution in [0.25, 0.3) is 0 Å². The van der Waals surface area contributed by atoms with Crippen molar-refractivity contribution in [3.63, 3.8) is 0 Å². The summed E-state index contributed by atoms with van der Waals surface area (Å²) in [7, 11) is 0. The van der Waals surface area contributed by atoms with Gasteiger partial charge >= 0.3 is 0 Å². The zero-order valence-corrected chi connectivity index (χ0v) is 19.0. The molecule has 0 aromatic carbocycles. The van der Waals surface area contributed by atoms with Crippen LogP contribution in [0, 0.1) is 11.8 Å². The van der Waals surface area contributed by atoms with Crippen molar-refractivity contribution in [2.75, 3.05) is 23.7 Å². The molecule has 1 aromatic rings. The number of hydrogen-bond acceptors (Lipinski definition) is 7. The number of unbranched alkanes of at least 4 members (excludes halogenated alkanes) is 4. The normalized spacial score (nSPS) is 11.1. The molecule has 0 atom stereocenters. The van der Waals surface area contributed by atoms with Crippen molar-refractivity contribution in [3.05, 3.63) is 5.28 Å². The Hall–Kier alpha value is -1.76. The van der Waals surface area contributed by atoms with Crippen LogP contribution in [-0.4, -0.2) is 39.6 Å². The second-order valence-electron chi connectivity index (χ2n) is 7.97. The third-order valence-electron chi connectivity index (χ3n) is 4.66. The molecule has 164 valence electrons. The van der Waals surface area contributed by atoms with Crippen molar-refractivity contribution in [1.82, 2.24) is 15.0 Å². The zero-order valence-electron chi connectivity index (χ0n) is 18.3. The Balaban J connectivity index is 2.23. The number of nitrogens with one attached hydrogen (secondary N) is 2. The molecule has 0 amide bonds. The number of rotatable bonds is 16. The lowest BCUT2D eigenvalue weighted by Gasteiger charge is -2.09. The maximum atomic E-state index is 11.6. The maximum absolute atomic E-state index is 11.6. The molecule has 1 rings (SSSR count). The smallest absolute Gasteiger partial charge is 0.228 e. The fraction of sp³-hybridized carbons (Fsp3) is 0.762. The van der Waals surface area contributed by atoms with E-state index >= 15 is 0 Å². The van der Waals surface area contributed by atoms with Crippen LogP contribution >= 0.6 is 11.6 Å². The van der Waals surface area contributed by atoms with Gasteiger partial charge in [0.2, 0.25) is 17.2 Å². The van der Waals surface area contributed by atoms with Gasteiger partial charge in [-0.3, -0.25) is 9.59 Å². The fourth-order valence-electron chi connectivity index (χ4n) is 2.69. The number of aromatic nitrogens is 3. The van der Waals surface area contributed by atoms with Crippen molar-refractivity contribution >= 4 is 35.1 Å². The second-order valence-corrected chi connectivity index (χ2v) is 8.31. The Kier molecular flexibility index (Phi) is 12.4. The molecule has 0 aliphatic rings. The van der Waals surface area contributed by atoms with Crippen LogP contribution in [0.15, 0.2) is 0 Å². The highest BCUT2D eigenvalue weighted by Crippen LogP contribution is 2.12. The Bertz CT molecular complexity index is 587. The number of nitrogens with zero attached hydrogens (tertiary/aromatic N) is 3. The summed E-state index contributed by atoms with van der Waals surface area (Å²) >= 11 is 5.99. The van der Waals surface area contributed by atoms with Crippen molar-refractivity contribution < 1.29 is 9.59 Å². The highest BCUT2D eigenvalue weighted by atomic mass is 35.5. The van der Waals surface area contributed by atoms with Crippen LogP contribution in [0.5, 0.6) is 0 Å². The topological polar surface area (TPSA) is 96.9 Å². The van der Waals surface area contributed by atoms with Gasteiger partial charge < -0.3 is 10.6 Å². The molecular formula is C21H36ClN5O2. The highest BCUT2D eigenvalue weighted by molar-refractivity contribution is 6.28. The molecule has 0 saturated carbocycles. The van der Waals surface area contributed by atoms with Gasteiger partial charge in [0.25, 0.3) is 0 Å². The van der Waals surface area contributed by atoms with E-state index in [1.54, 1.807) is 0 Å². The first-order valence-corrected chi connectivity index (χ1v) is 11.1. The number of anilines is 2. The molecule has 0 spiro atoms. The summed E-state index contributed by atoms with van der Waals surface area (Å²) in [6.07, 6.45) is 6.95. The van der Waals surface area contributed by atoms with E-state index < -0.39 is 0 Å². The molecule has 0 bridgehead atoms. The van der Waals surface area contributed by atoms with Crippen LogP contribution in [-0.2, 0) is 9.59 Å². The monoisotopic (exact) mass is 425 g/mol. The van der Waals surface area contributed by atoms with Gasteiger partial charge in [-0.1, -0.05) is 40.5 Å². The average molecular weight is 426 g/mol. The minimum absolute atomic E-state index is 0.119. The summed E-state index contributed by atoms with van der Waals surface area (Å²) in [6.45, 7) is 9.20. The fourth-order valence-corrected chi connectivity index (χ4v) is 2.85. The Morgan fingerprint density at radius 2 is 1.14 bits per heavy atom. The lowest BCUT2D eigenvalue weighted by Crippen LogP contribution is -2.11. The van der Waals surface area contributed by atoms with Crippen LogP contribution < -0.4 is 10.6 Å². The van der Waals surface area contributed by atoms with Crippen LogP contribution in [0.3, 0.4) is 0 Å². The van der Waals surface area contributed by atoms with E-state index in [9.17, 15) is 9.59 Å². The van der Waals surface area contributed by atoms with Gasteiger partial charge in [0.15, 0.2) is 0 Å². The van der Waals surface area contributed by atoms with Gasteiger partial charge in [-0.2, -0.15) is 15.0 Å². The molecule has 0 fully saturated rings. The Morgan fingerprint density at radius 3 is 1.52 bits per heavy atom. The summed E-state index contributed by atoms with van der Waals surface area (Å²) in [6, 6.07) is 0. The second kappa shape index (κ2) is 14.3. The summed E-state index contributed by atoms with van der Waals surface area (Å²) in [5.41, 5.74) is 0. The first kappa shape index (κ1) is 25.3. The molecule has 1 heterocycles. The third kappa shape index (κ3) is 11.7. The molecule has 0 radical (unpaired) electrons. The van der Waals surface area contributed by atoms with E-state index in [4.69, 9.17) is 11.6 Å². The standard InChI is InChI=1S/C21H36ClN5O2/c1-15(2)17(28)11-7-5-9-13-23-20-25-19(22)26-21(27-20)24-14-10-6-8-12-18(29)16(3)4/h15-16H,5-14H2,1-4H3,(H2,23,24,25,26,27). The predicted octanol–water partition coefficient (Wildman–Crippen LogP) is 4.92. The lowest BCUT2D eigenvalue weighted by atomic mass is 10.0. The van der Waals surface area contributed by atoms with Gasteiger partial charge in [0.05, 0.1) is 0 Å². The quantitative estimate of drug-likeness (QED) is 0.363. The summed E-state index contributed by atoms with van der Waals surface area (Å²) < 4.78 is 0. The Morgan fingerprint density at radius 1 is 0.724 bits per heavy atom. The molecule has 7 nitrogen and oxygen atoms in total. The van der Waals surface area contributed by atoms with Crippen molar-refractivity contribution in [3.8, 4) is 0 Å². The molecule has 0 aliphatic carbocycles. The molecule has 1 aromatic heterocycles. The molecular weight excluding hydrogens is 390 g/mol. The summed E-state index contributed by atoms with van der Waals surface area (Å²) in [5.74, 6) is 1.79. The van der Waals surface area contributed by atoms with E-state index in [-0.39, 0.29) is 17.1 Å². The number of halogens is 1. The first-order chi connectivity index (χ1) is 13.8. The minimum Gasteiger partial charge on any atom is -0.354 e. The van der Waals surface area contributed by atoms with E-state index in [1.807, 2.05) is 27.7 Å². The molecule has 0 aliphatic heterocycles. The molecule has 2 N–H and O–H groups in total. The van der Waals surface area contributed by atoms with Crippen molar-refractivity contribution in [2.45, 2.75) is 79.1 Å². The summed E-state index contributed by atoms with van der Waals surface area (Å²) in [4.78, 5) is 35.7. The molecule has 8 heteroatoms. The van der Waals surface area contributed by atoms with E-state index in [0.717, 1.165) is 51.6 Å². The van der Waals surface area contributed by atoms with E-state index in [0.29, 0.717) is 36.3 Å². The zero-order chi connectivity index (χ0) is 21.6. The largest absolute Gasteiger partial charge is 0.354 e. The van der Waals surface area contributed by atoms with Gasteiger partial charge in [-0.15, -0.1) is 0 Å². The molecule has 0 saturated heterocycles. The van der Waals surface area contributed by atoms with Gasteiger partial charge in [0.1, 0.15) is 11.6 Å². The van der Waals surface area contributed by atoms with E-state index in [2.05, 4.69) is 25.6 Å². The van der Waals surface area contributed by atoms with Gasteiger partial charge in [-0.05, 0) is 37.3 Å². The van der Waals surface area contributed by atoms with Crippen LogP contribution in [0.1, 0.15) is 79.1 Å². The SMILES string of the molecule is CC(C)C(=O)CCCCCNc1nc(Cl)nc(NCCCCCC(=O)C(C)C)n1. The van der Waals surface area contributed by atoms with Crippen molar-refractivity contribution in [1.29, 1.82) is 0 Å². The minimum atomic E-state index is 0.119. The van der Waals surface area contributed by atoms with Gasteiger partial charge in [0, 0.05) is 37.8 Å². The molecule has 0 unspecified atom stereocenters. The number of Topliss-reactive ketones (excluding diaryl/α,β-unsaturated/α-hetero) is 2. The predicted molar refractivity (Wildman–Crippen MR) is 118 cm³/mol. The highest BCUT2D eigenvalue weighted by Gasteiger charge is 2.08. The Labute approximate surface area is 179 Å². The number of carbonyl (C=O) groups excluding carboxylic acids is 2. The number of ketones is 2. The number of hydrogen-bond donors (Lipinski definition) is 2. The van der Waals surface area contributed by atoms with E-state index in [1.165, 1.54) is 0 Å². The third-order valence-corrected chi connectivity index (χ3v) is 4.83. The lowest BCUT2D eigenvalue weighted by molar-refractivity contribution is -0.122. The summed E-state index contributed by atoms with van der Waals surface area (Å²) in [5, 5.41) is 6.47.